The van der Waals surface area contributed by atoms with Crippen molar-refractivity contribution in [2.24, 2.45) is 0 Å². The minimum absolute atomic E-state index is 0.0163. The van der Waals surface area contributed by atoms with Gasteiger partial charge in [0.1, 0.15) is 23.7 Å². The van der Waals surface area contributed by atoms with Crippen LogP contribution in [0.2, 0.25) is 0 Å². The lowest BCUT2D eigenvalue weighted by atomic mass is 9.81. The second-order valence-corrected chi connectivity index (χ2v) is 9.09. The molecule has 40 heavy (non-hydrogen) atoms. The number of aromatic nitrogens is 2. The third kappa shape index (κ3) is 4.68. The van der Waals surface area contributed by atoms with Gasteiger partial charge in [-0.15, -0.1) is 0 Å². The maximum Gasteiger partial charge on any atom is 0.416 e. The molecule has 1 aliphatic rings. The minimum Gasteiger partial charge on any atom is -0.339 e. The van der Waals surface area contributed by atoms with Crippen molar-refractivity contribution in [1.29, 1.82) is 5.26 Å². The van der Waals surface area contributed by atoms with E-state index >= 15 is 0 Å². The van der Waals surface area contributed by atoms with Crippen molar-refractivity contribution >= 4 is 17.6 Å². The summed E-state index contributed by atoms with van der Waals surface area (Å²) < 4.78 is 55.2. The molecule has 11 heteroatoms. The highest BCUT2D eigenvalue weighted by Gasteiger charge is 2.46. The van der Waals surface area contributed by atoms with Gasteiger partial charge >= 0.3 is 6.18 Å². The topological polar surface area (TPSA) is 91.0 Å². The molecule has 3 aromatic carbocycles. The summed E-state index contributed by atoms with van der Waals surface area (Å²) in [6.45, 7) is 1.85. The number of nitriles is 1. The fraction of sp³-hybridized carbons (Fsp3) is 0.172. The SMILES string of the molecule is CCN1C(=O)[C@@H](NC(=O)c2cccc(C(F)(F)F)c2)[C@@H](c2ccc(F)cc2)c2c(C#N)nn(-c3ccccc3)c21. The predicted molar refractivity (Wildman–Crippen MR) is 137 cm³/mol. The molecule has 202 valence electrons. The zero-order valence-electron chi connectivity index (χ0n) is 21.0. The summed E-state index contributed by atoms with van der Waals surface area (Å²) >= 11 is 0. The summed E-state index contributed by atoms with van der Waals surface area (Å²) in [4.78, 5) is 28.6. The number of hydrogen-bond acceptors (Lipinski definition) is 4. The van der Waals surface area contributed by atoms with Crippen LogP contribution in [0.4, 0.5) is 23.4 Å². The van der Waals surface area contributed by atoms with Crippen LogP contribution in [0.1, 0.15) is 45.6 Å². The molecule has 0 spiro atoms. The largest absolute Gasteiger partial charge is 0.416 e. The van der Waals surface area contributed by atoms with Crippen molar-refractivity contribution in [2.75, 3.05) is 11.4 Å². The van der Waals surface area contributed by atoms with Crippen molar-refractivity contribution < 1.29 is 27.2 Å². The Morgan fingerprint density at radius 3 is 2.38 bits per heavy atom. The van der Waals surface area contributed by atoms with E-state index in [0.717, 1.165) is 12.1 Å². The smallest absolute Gasteiger partial charge is 0.339 e. The molecule has 2 atom stereocenters. The lowest BCUT2D eigenvalue weighted by Gasteiger charge is -2.38. The van der Waals surface area contributed by atoms with Crippen molar-refractivity contribution in [2.45, 2.75) is 25.1 Å². The van der Waals surface area contributed by atoms with Crippen LogP contribution < -0.4 is 10.2 Å². The van der Waals surface area contributed by atoms with Gasteiger partial charge in [-0.2, -0.15) is 23.5 Å². The zero-order valence-corrected chi connectivity index (χ0v) is 21.0. The van der Waals surface area contributed by atoms with E-state index < -0.39 is 41.3 Å². The number of amides is 2. The highest BCUT2D eigenvalue weighted by Crippen LogP contribution is 2.43. The van der Waals surface area contributed by atoms with Crippen molar-refractivity contribution in [3.05, 3.63) is 113 Å². The maximum atomic E-state index is 14.0. The molecule has 1 aliphatic heterocycles. The molecule has 2 heterocycles. The molecule has 4 aromatic rings. The Labute approximate surface area is 226 Å². The summed E-state index contributed by atoms with van der Waals surface area (Å²) in [6.07, 6.45) is -4.67. The Morgan fingerprint density at radius 1 is 1.05 bits per heavy atom. The van der Waals surface area contributed by atoms with E-state index in [4.69, 9.17) is 0 Å². The van der Waals surface area contributed by atoms with E-state index in [1.54, 1.807) is 37.3 Å². The summed E-state index contributed by atoms with van der Waals surface area (Å²) in [5.74, 6) is -2.69. The number of nitrogens with zero attached hydrogens (tertiary/aromatic N) is 4. The van der Waals surface area contributed by atoms with Crippen molar-refractivity contribution in [3.8, 4) is 11.8 Å². The molecular weight excluding hydrogens is 526 g/mol. The van der Waals surface area contributed by atoms with E-state index in [9.17, 15) is 32.4 Å². The second-order valence-electron chi connectivity index (χ2n) is 9.09. The number of anilines is 1. The van der Waals surface area contributed by atoms with Crippen molar-refractivity contribution in [3.63, 3.8) is 0 Å². The molecule has 0 saturated heterocycles. The molecule has 0 fully saturated rings. The van der Waals surface area contributed by atoms with Crippen LogP contribution in [-0.2, 0) is 11.0 Å². The summed E-state index contributed by atoms with van der Waals surface area (Å²) in [5.41, 5.74) is -0.0133. The van der Waals surface area contributed by atoms with Gasteiger partial charge in [0.25, 0.3) is 11.8 Å². The van der Waals surface area contributed by atoms with Crippen LogP contribution in [0.5, 0.6) is 0 Å². The van der Waals surface area contributed by atoms with E-state index in [0.29, 0.717) is 28.7 Å². The van der Waals surface area contributed by atoms with Crippen LogP contribution in [-0.4, -0.2) is 34.2 Å². The van der Waals surface area contributed by atoms with Gasteiger partial charge in [0.05, 0.1) is 11.3 Å². The first-order valence-corrected chi connectivity index (χ1v) is 12.3. The van der Waals surface area contributed by atoms with E-state index in [-0.39, 0.29) is 17.8 Å². The van der Waals surface area contributed by atoms with Crippen LogP contribution in [0, 0.1) is 17.1 Å². The van der Waals surface area contributed by atoms with Gasteiger partial charge < -0.3 is 5.32 Å². The van der Waals surface area contributed by atoms with Gasteiger partial charge in [-0.1, -0.05) is 36.4 Å². The van der Waals surface area contributed by atoms with Gasteiger partial charge in [-0.05, 0) is 55.0 Å². The lowest BCUT2D eigenvalue weighted by molar-refractivity contribution is -0.137. The number of rotatable bonds is 5. The van der Waals surface area contributed by atoms with Gasteiger partial charge in [0.2, 0.25) is 0 Å². The number of benzene rings is 3. The number of hydrogen-bond donors (Lipinski definition) is 1. The normalized spacial score (nSPS) is 16.8. The van der Waals surface area contributed by atoms with E-state index in [1.807, 2.05) is 0 Å². The standard InChI is InChI=1S/C29H21F4N5O2/c1-2-37-27-24(22(16-34)36-38(27)21-9-4-3-5-10-21)23(17-11-13-20(30)14-12-17)25(28(37)40)35-26(39)18-7-6-8-19(15-18)29(31,32)33/h3-15,23,25H,2H2,1H3,(H,35,39)/t23-,25-/m0/s1. The van der Waals surface area contributed by atoms with Gasteiger partial charge in [0.15, 0.2) is 5.69 Å². The Hall–Kier alpha value is -4.98. The third-order valence-electron chi connectivity index (χ3n) is 6.72. The molecule has 0 aliphatic carbocycles. The molecular formula is C29H21F4N5O2. The molecule has 0 radical (unpaired) electrons. The number of halogens is 4. The first kappa shape index (κ1) is 26.6. The van der Waals surface area contributed by atoms with Gasteiger partial charge in [-0.3, -0.25) is 14.5 Å². The Morgan fingerprint density at radius 2 is 1.75 bits per heavy atom. The van der Waals surface area contributed by atoms with Gasteiger partial charge in [0, 0.05) is 23.6 Å². The number of carbonyl (C=O) groups excluding carboxylic acids is 2. The zero-order chi connectivity index (χ0) is 28.6. The molecule has 0 saturated carbocycles. The second kappa shape index (κ2) is 10.3. The number of likely N-dealkylation sites (N-methyl/N-ethyl adjacent to an activating group) is 1. The molecule has 7 nitrogen and oxygen atoms in total. The first-order valence-electron chi connectivity index (χ1n) is 12.3. The molecule has 0 bridgehead atoms. The number of fused-ring (bicyclic) bond motifs is 1. The number of nitrogens with one attached hydrogen (secondary N) is 1. The number of alkyl halides is 3. The highest BCUT2D eigenvalue weighted by atomic mass is 19.4. The van der Waals surface area contributed by atoms with E-state index in [1.165, 1.54) is 39.9 Å². The average Bonchev–Trinajstić information content (AvgIpc) is 3.33. The summed E-state index contributed by atoms with van der Waals surface area (Å²) in [7, 11) is 0. The van der Waals surface area contributed by atoms with Gasteiger partial charge in [-0.25, -0.2) is 9.07 Å². The Bertz CT molecular complexity index is 1630. The maximum absolute atomic E-state index is 14.0. The fourth-order valence-electron chi connectivity index (χ4n) is 4.92. The predicted octanol–water partition coefficient (Wildman–Crippen LogP) is 5.20. The Balaban J connectivity index is 1.68. The van der Waals surface area contributed by atoms with Crippen LogP contribution in [0.25, 0.3) is 5.69 Å². The van der Waals surface area contributed by atoms with Crippen LogP contribution in [0.3, 0.4) is 0 Å². The number of carbonyl (C=O) groups is 2. The molecule has 2 amide bonds. The molecule has 1 aromatic heterocycles. The molecule has 1 N–H and O–H groups in total. The Kier molecular flexibility index (Phi) is 6.85. The third-order valence-corrected chi connectivity index (χ3v) is 6.72. The monoisotopic (exact) mass is 547 g/mol. The van der Waals surface area contributed by atoms with Crippen LogP contribution in [0.15, 0.2) is 78.9 Å². The van der Waals surface area contributed by atoms with Crippen molar-refractivity contribution in [1.82, 2.24) is 15.1 Å². The summed E-state index contributed by atoms with van der Waals surface area (Å²) in [5, 5.41) is 17.1. The fourth-order valence-corrected chi connectivity index (χ4v) is 4.92. The summed E-state index contributed by atoms with van der Waals surface area (Å²) in [6, 6.07) is 18.7. The minimum atomic E-state index is -4.67. The quantitative estimate of drug-likeness (QED) is 0.348. The van der Waals surface area contributed by atoms with E-state index in [2.05, 4.69) is 16.5 Å². The average molecular weight is 548 g/mol. The number of para-hydroxylation sites is 1. The first-order chi connectivity index (χ1) is 19.1. The lowest BCUT2D eigenvalue weighted by Crippen LogP contribution is -2.55. The van der Waals surface area contributed by atoms with Crippen LogP contribution >= 0.6 is 0 Å². The highest BCUT2D eigenvalue weighted by molar-refractivity contribution is 6.05. The molecule has 0 unspecified atom stereocenters. The molecule has 5 rings (SSSR count).